The van der Waals surface area contributed by atoms with E-state index in [-0.39, 0.29) is 5.82 Å². The number of oxazole rings is 1. The number of nitrogens with two attached hydrogens (primary N) is 1. The van der Waals surface area contributed by atoms with Crippen LogP contribution in [0.25, 0.3) is 33.4 Å². The van der Waals surface area contributed by atoms with Gasteiger partial charge in [-0.15, -0.1) is 0 Å². The first-order chi connectivity index (χ1) is 17.3. The fourth-order valence-electron chi connectivity index (χ4n) is 4.50. The molecule has 0 spiro atoms. The summed E-state index contributed by atoms with van der Waals surface area (Å²) in [7, 11) is 1.79. The lowest BCUT2D eigenvalue weighted by Gasteiger charge is -2.17. The van der Waals surface area contributed by atoms with Crippen molar-refractivity contribution >= 4 is 39.5 Å². The molecule has 5 N–H and O–H groups in total. The Kier molecular flexibility index (Phi) is 5.00. The topological polar surface area (TPSA) is 179 Å². The van der Waals surface area contributed by atoms with Crippen molar-refractivity contribution in [2.45, 2.75) is 31.5 Å². The zero-order valence-corrected chi connectivity index (χ0v) is 19.2. The molecular weight excluding hydrogens is 468 g/mol. The molecule has 1 aromatic carbocycles. The zero-order valence-electron chi connectivity index (χ0n) is 19.2. The minimum absolute atomic E-state index is 0.222. The number of benzene rings is 1. The molecule has 1 saturated heterocycles. The number of hydrogen-bond donors (Lipinski definition) is 4. The normalized spacial score (nSPS) is 22.0. The Labute approximate surface area is 203 Å². The number of aromatic nitrogens is 6. The lowest BCUT2D eigenvalue weighted by Crippen LogP contribution is -2.39. The molecule has 6 rings (SSSR count). The second kappa shape index (κ2) is 8.12. The number of nitrogens with one attached hydrogen (secondary N) is 1. The number of carbonyl (C=O) groups excluding carboxylic acids is 1. The van der Waals surface area contributed by atoms with Gasteiger partial charge in [0.25, 0.3) is 5.91 Å². The molecule has 13 nitrogen and oxygen atoms in total. The molecule has 0 aliphatic carbocycles. The van der Waals surface area contributed by atoms with Crippen LogP contribution in [0.4, 0.5) is 11.5 Å². The van der Waals surface area contributed by atoms with Crippen molar-refractivity contribution < 1.29 is 24.2 Å². The van der Waals surface area contributed by atoms with Gasteiger partial charge in [-0.05, 0) is 24.3 Å². The molecule has 1 aliphatic heterocycles. The average Bonchev–Trinajstić information content (AvgIpc) is 3.59. The Morgan fingerprint density at radius 3 is 2.81 bits per heavy atom. The van der Waals surface area contributed by atoms with Gasteiger partial charge in [0.15, 0.2) is 23.8 Å². The minimum atomic E-state index is -1.50. The van der Waals surface area contributed by atoms with Crippen molar-refractivity contribution in [3.05, 3.63) is 48.9 Å². The number of rotatable bonds is 4. The van der Waals surface area contributed by atoms with E-state index >= 15 is 0 Å². The maximum Gasteiger partial charge on any atom is 0.256 e. The molecule has 4 atom stereocenters. The van der Waals surface area contributed by atoms with Gasteiger partial charge in [-0.1, -0.05) is 0 Å². The van der Waals surface area contributed by atoms with Crippen LogP contribution in [0.2, 0.25) is 0 Å². The standard InChI is InChI=1S/C23H22N8O5/c1-10-27-14-7-11(3-4-15(14)35-10)28-22(34)19-17(32)18(33)23(36-19)31-8-12(13-5-6-30(2)29-13)16-20(24)25-9-26-21(16)31/h3-9,17-19,23,32-33H,1-2H3,(H,28,34)(H2,24,25,26)/t17-,18+,19-,23+/m0/s1. The number of amides is 1. The van der Waals surface area contributed by atoms with E-state index in [4.69, 9.17) is 14.9 Å². The Morgan fingerprint density at radius 2 is 2.03 bits per heavy atom. The summed E-state index contributed by atoms with van der Waals surface area (Å²) in [4.78, 5) is 25.7. The van der Waals surface area contributed by atoms with Crippen molar-refractivity contribution in [3.63, 3.8) is 0 Å². The summed E-state index contributed by atoms with van der Waals surface area (Å²) < 4.78 is 14.5. The van der Waals surface area contributed by atoms with E-state index < -0.39 is 30.4 Å². The number of anilines is 2. The quantitative estimate of drug-likeness (QED) is 0.285. The molecule has 4 aromatic heterocycles. The van der Waals surface area contributed by atoms with Gasteiger partial charge >= 0.3 is 0 Å². The Bertz CT molecular complexity index is 1620. The Balaban J connectivity index is 1.32. The number of aliphatic hydroxyl groups excluding tert-OH is 2. The number of hydrogen-bond acceptors (Lipinski definition) is 10. The van der Waals surface area contributed by atoms with Crippen LogP contribution in [0, 0.1) is 6.92 Å². The Morgan fingerprint density at radius 1 is 1.19 bits per heavy atom. The van der Waals surface area contributed by atoms with Crippen LogP contribution < -0.4 is 11.1 Å². The summed E-state index contributed by atoms with van der Waals surface area (Å²) in [6.07, 6.45) is -0.658. The van der Waals surface area contributed by atoms with Crippen LogP contribution >= 0.6 is 0 Å². The van der Waals surface area contributed by atoms with Crippen molar-refractivity contribution in [2.24, 2.45) is 7.05 Å². The maximum absolute atomic E-state index is 13.0. The summed E-state index contributed by atoms with van der Waals surface area (Å²) in [6, 6.07) is 6.79. The van der Waals surface area contributed by atoms with Crippen LogP contribution in [-0.2, 0) is 16.6 Å². The Hall–Kier alpha value is -4.33. The van der Waals surface area contributed by atoms with Gasteiger partial charge in [-0.3, -0.25) is 9.48 Å². The first-order valence-corrected chi connectivity index (χ1v) is 11.1. The van der Waals surface area contributed by atoms with Crippen LogP contribution in [0.15, 0.2) is 47.4 Å². The third-order valence-corrected chi connectivity index (χ3v) is 6.16. The van der Waals surface area contributed by atoms with Gasteiger partial charge in [0.1, 0.15) is 35.5 Å². The molecular formula is C23H22N8O5. The molecule has 0 bridgehead atoms. The van der Waals surface area contributed by atoms with Gasteiger partial charge in [-0.25, -0.2) is 15.0 Å². The van der Waals surface area contributed by atoms with Crippen LogP contribution in [-0.4, -0.2) is 63.7 Å². The van der Waals surface area contributed by atoms with Gasteiger partial charge in [0.2, 0.25) is 0 Å². The van der Waals surface area contributed by atoms with E-state index in [1.807, 2.05) is 0 Å². The molecule has 1 amide bonds. The van der Waals surface area contributed by atoms with E-state index in [1.54, 1.807) is 55.3 Å². The van der Waals surface area contributed by atoms with E-state index in [0.29, 0.717) is 45.0 Å². The van der Waals surface area contributed by atoms with E-state index in [2.05, 4.69) is 25.4 Å². The van der Waals surface area contributed by atoms with E-state index in [0.717, 1.165) is 0 Å². The molecule has 36 heavy (non-hydrogen) atoms. The third-order valence-electron chi connectivity index (χ3n) is 6.16. The molecule has 1 aliphatic rings. The second-order valence-electron chi connectivity index (χ2n) is 8.62. The van der Waals surface area contributed by atoms with E-state index in [1.165, 1.54) is 10.9 Å². The van der Waals surface area contributed by atoms with Crippen molar-refractivity contribution in [2.75, 3.05) is 11.1 Å². The lowest BCUT2D eigenvalue weighted by molar-refractivity contribution is -0.132. The zero-order chi connectivity index (χ0) is 25.1. The summed E-state index contributed by atoms with van der Waals surface area (Å²) in [6.45, 7) is 1.73. The number of ether oxygens (including phenoxy) is 1. The first-order valence-electron chi connectivity index (χ1n) is 11.1. The van der Waals surface area contributed by atoms with Gasteiger partial charge < -0.3 is 35.0 Å². The SMILES string of the molecule is Cc1nc2cc(NC(=O)[C@H]3O[C@@H](n4cc(-c5ccn(C)n5)c5c(N)ncnc54)[C@H](O)[C@@H]3O)ccc2o1. The fourth-order valence-corrected chi connectivity index (χ4v) is 4.50. The highest BCUT2D eigenvalue weighted by Gasteiger charge is 2.48. The minimum Gasteiger partial charge on any atom is -0.441 e. The monoisotopic (exact) mass is 490 g/mol. The van der Waals surface area contributed by atoms with Crippen molar-refractivity contribution in [1.29, 1.82) is 0 Å². The number of nitrogens with zero attached hydrogens (tertiary/aromatic N) is 6. The van der Waals surface area contributed by atoms with Crippen LogP contribution in [0.5, 0.6) is 0 Å². The predicted molar refractivity (Wildman–Crippen MR) is 127 cm³/mol. The summed E-state index contributed by atoms with van der Waals surface area (Å²) >= 11 is 0. The molecule has 13 heteroatoms. The highest BCUT2D eigenvalue weighted by Crippen LogP contribution is 2.38. The van der Waals surface area contributed by atoms with Crippen LogP contribution in [0.3, 0.4) is 0 Å². The number of aliphatic hydroxyl groups is 2. The van der Waals surface area contributed by atoms with Gasteiger partial charge in [0.05, 0.1) is 11.1 Å². The number of nitrogen functional groups attached to an aromatic ring is 1. The number of carbonyl (C=O) groups is 1. The molecule has 0 saturated carbocycles. The van der Waals surface area contributed by atoms with Gasteiger partial charge in [0, 0.05) is 37.6 Å². The summed E-state index contributed by atoms with van der Waals surface area (Å²) in [5.74, 6) is 0.0989. The highest BCUT2D eigenvalue weighted by molar-refractivity contribution is 6.00. The largest absolute Gasteiger partial charge is 0.441 e. The number of fused-ring (bicyclic) bond motifs is 2. The molecule has 5 aromatic rings. The number of aryl methyl sites for hydroxylation is 2. The highest BCUT2D eigenvalue weighted by atomic mass is 16.6. The maximum atomic E-state index is 13.0. The van der Waals surface area contributed by atoms with Crippen molar-refractivity contribution in [1.82, 2.24) is 29.3 Å². The molecule has 0 radical (unpaired) electrons. The smallest absolute Gasteiger partial charge is 0.256 e. The van der Waals surface area contributed by atoms with Gasteiger partial charge in [-0.2, -0.15) is 5.10 Å². The third kappa shape index (κ3) is 3.48. The van der Waals surface area contributed by atoms with Crippen LogP contribution in [0.1, 0.15) is 12.1 Å². The second-order valence-corrected chi connectivity index (χ2v) is 8.62. The molecule has 5 heterocycles. The molecule has 184 valence electrons. The van der Waals surface area contributed by atoms with E-state index in [9.17, 15) is 15.0 Å². The predicted octanol–water partition coefficient (Wildman–Crippen LogP) is 1.12. The summed E-state index contributed by atoms with van der Waals surface area (Å²) in [5, 5.41) is 29.2. The lowest BCUT2D eigenvalue weighted by atomic mass is 10.1. The average molecular weight is 490 g/mol. The summed E-state index contributed by atoms with van der Waals surface area (Å²) in [5.41, 5.74) is 9.36. The first kappa shape index (κ1) is 22.2. The van der Waals surface area contributed by atoms with Crippen molar-refractivity contribution in [3.8, 4) is 11.3 Å². The molecule has 1 fully saturated rings. The fraction of sp³-hybridized carbons (Fsp3) is 0.261. The molecule has 0 unspecified atom stereocenters.